The Bertz CT molecular complexity index is 654. The van der Waals surface area contributed by atoms with Gasteiger partial charge < -0.3 is 10.6 Å². The van der Waals surface area contributed by atoms with Crippen molar-refractivity contribution in [3.8, 4) is 0 Å². The number of nitrogens with zero attached hydrogens (tertiary/aromatic N) is 3. The van der Waals surface area contributed by atoms with Crippen molar-refractivity contribution in [3.63, 3.8) is 0 Å². The van der Waals surface area contributed by atoms with Crippen LogP contribution in [0.1, 0.15) is 31.2 Å². The molecule has 23 heavy (non-hydrogen) atoms. The van der Waals surface area contributed by atoms with Gasteiger partial charge in [0.1, 0.15) is 12.7 Å². The highest BCUT2D eigenvalue weighted by Crippen LogP contribution is 2.37. The summed E-state index contributed by atoms with van der Waals surface area (Å²) < 4.78 is 1.70. The number of halogens is 1. The van der Waals surface area contributed by atoms with Crippen LogP contribution < -0.4 is 10.6 Å². The molecule has 1 aliphatic carbocycles. The predicted octanol–water partition coefficient (Wildman–Crippen LogP) is 2.57. The third-order valence-corrected chi connectivity index (χ3v) is 4.33. The fourth-order valence-electron chi connectivity index (χ4n) is 2.87. The zero-order valence-corrected chi connectivity index (χ0v) is 13.7. The summed E-state index contributed by atoms with van der Waals surface area (Å²) in [6, 6.07) is 8.01. The Kier molecular flexibility index (Phi) is 4.81. The van der Waals surface area contributed by atoms with Gasteiger partial charge in [-0.1, -0.05) is 23.7 Å². The number of nitrogens with one attached hydrogen (secondary N) is 2. The lowest BCUT2D eigenvalue weighted by Crippen LogP contribution is -2.50. The van der Waals surface area contributed by atoms with Gasteiger partial charge in [-0.25, -0.2) is 9.78 Å². The summed E-state index contributed by atoms with van der Waals surface area (Å²) in [4.78, 5) is 15.9. The number of hydrogen-bond acceptors (Lipinski definition) is 3. The normalized spacial score (nSPS) is 21.3. The first kappa shape index (κ1) is 15.8. The van der Waals surface area contributed by atoms with Crippen LogP contribution in [0.4, 0.5) is 4.79 Å². The molecular formula is C16H20ClN5O. The lowest BCUT2D eigenvalue weighted by atomic mass is 9.76. The molecule has 2 aromatic rings. The summed E-state index contributed by atoms with van der Waals surface area (Å²) in [5, 5.41) is 10.7. The summed E-state index contributed by atoms with van der Waals surface area (Å²) >= 11 is 6.01. The van der Waals surface area contributed by atoms with Crippen molar-refractivity contribution in [1.82, 2.24) is 25.4 Å². The fraction of sp³-hybridized carbons (Fsp3) is 0.438. The highest BCUT2D eigenvalue weighted by molar-refractivity contribution is 6.30. The average molecular weight is 334 g/mol. The van der Waals surface area contributed by atoms with E-state index in [0.29, 0.717) is 12.5 Å². The van der Waals surface area contributed by atoms with Crippen LogP contribution >= 0.6 is 11.6 Å². The number of amides is 2. The van der Waals surface area contributed by atoms with E-state index in [0.717, 1.165) is 17.9 Å². The SMILES string of the molecule is CC(Cn1cncn1)NC(=O)NC1CC(c2cccc(Cl)c2)C1. The molecule has 7 heteroatoms. The van der Waals surface area contributed by atoms with Crippen LogP contribution in [-0.4, -0.2) is 32.9 Å². The predicted molar refractivity (Wildman–Crippen MR) is 88.4 cm³/mol. The zero-order valence-electron chi connectivity index (χ0n) is 12.9. The first-order chi connectivity index (χ1) is 11.1. The van der Waals surface area contributed by atoms with Crippen molar-refractivity contribution in [1.29, 1.82) is 0 Å². The first-order valence-corrected chi connectivity index (χ1v) is 8.13. The molecule has 1 fully saturated rings. The Morgan fingerprint density at radius 2 is 2.30 bits per heavy atom. The van der Waals surface area contributed by atoms with Crippen molar-refractivity contribution < 1.29 is 4.79 Å². The number of rotatable bonds is 5. The molecule has 1 atom stereocenters. The molecule has 1 aromatic carbocycles. The molecule has 0 saturated heterocycles. The molecule has 1 saturated carbocycles. The molecule has 2 N–H and O–H groups in total. The number of carbonyl (C=O) groups excluding carboxylic acids is 1. The van der Waals surface area contributed by atoms with Crippen molar-refractivity contribution >= 4 is 17.6 Å². The molecular weight excluding hydrogens is 314 g/mol. The zero-order chi connectivity index (χ0) is 16.2. The van der Waals surface area contributed by atoms with Gasteiger partial charge in [0, 0.05) is 17.1 Å². The Morgan fingerprint density at radius 3 is 3.00 bits per heavy atom. The summed E-state index contributed by atoms with van der Waals surface area (Å²) in [6.45, 7) is 2.54. The van der Waals surface area contributed by atoms with Gasteiger partial charge in [0.2, 0.25) is 0 Å². The van der Waals surface area contributed by atoms with E-state index in [1.807, 2.05) is 25.1 Å². The van der Waals surface area contributed by atoms with Crippen molar-refractivity contribution in [2.45, 2.75) is 44.3 Å². The lowest BCUT2D eigenvalue weighted by Gasteiger charge is -2.36. The highest BCUT2D eigenvalue weighted by atomic mass is 35.5. The van der Waals surface area contributed by atoms with Crippen molar-refractivity contribution in [3.05, 3.63) is 47.5 Å². The Hall–Kier alpha value is -2.08. The van der Waals surface area contributed by atoms with E-state index < -0.39 is 0 Å². The number of hydrogen-bond donors (Lipinski definition) is 2. The second-order valence-corrected chi connectivity index (χ2v) is 6.49. The van der Waals surface area contributed by atoms with E-state index in [1.165, 1.54) is 11.9 Å². The third kappa shape index (κ3) is 4.22. The number of urea groups is 1. The van der Waals surface area contributed by atoms with E-state index >= 15 is 0 Å². The molecule has 122 valence electrons. The van der Waals surface area contributed by atoms with Gasteiger partial charge in [0.15, 0.2) is 0 Å². The van der Waals surface area contributed by atoms with E-state index in [4.69, 9.17) is 11.6 Å². The average Bonchev–Trinajstić information content (AvgIpc) is 2.95. The third-order valence-electron chi connectivity index (χ3n) is 4.10. The van der Waals surface area contributed by atoms with Gasteiger partial charge in [-0.15, -0.1) is 0 Å². The maximum Gasteiger partial charge on any atom is 0.315 e. The van der Waals surface area contributed by atoms with Gasteiger partial charge >= 0.3 is 6.03 Å². The molecule has 0 spiro atoms. The van der Waals surface area contributed by atoms with Crippen molar-refractivity contribution in [2.24, 2.45) is 0 Å². The van der Waals surface area contributed by atoms with E-state index in [-0.39, 0.29) is 18.1 Å². The minimum absolute atomic E-state index is 0.0134. The van der Waals surface area contributed by atoms with Crippen LogP contribution in [0, 0.1) is 0 Å². The molecule has 0 bridgehead atoms. The molecule has 0 radical (unpaired) electrons. The van der Waals surface area contributed by atoms with E-state index in [1.54, 1.807) is 11.0 Å². The number of benzene rings is 1. The Balaban J connectivity index is 1.40. The summed E-state index contributed by atoms with van der Waals surface area (Å²) in [6.07, 6.45) is 5.02. The standard InChI is InChI=1S/C16H20ClN5O/c1-11(8-22-10-18-9-19-22)20-16(23)21-15-6-13(7-15)12-3-2-4-14(17)5-12/h2-5,9-11,13,15H,6-8H2,1H3,(H2,20,21,23). The van der Waals surface area contributed by atoms with Crippen LogP contribution in [0.3, 0.4) is 0 Å². The molecule has 3 rings (SSSR count). The molecule has 1 heterocycles. The Morgan fingerprint density at radius 1 is 1.48 bits per heavy atom. The summed E-state index contributed by atoms with van der Waals surface area (Å²) in [7, 11) is 0. The van der Waals surface area contributed by atoms with Gasteiger partial charge in [-0.2, -0.15) is 5.10 Å². The first-order valence-electron chi connectivity index (χ1n) is 7.75. The summed E-state index contributed by atoms with van der Waals surface area (Å²) in [5.41, 5.74) is 1.25. The molecule has 6 nitrogen and oxygen atoms in total. The minimum atomic E-state index is -0.132. The molecule has 2 amide bonds. The van der Waals surface area contributed by atoms with E-state index in [2.05, 4.69) is 26.8 Å². The van der Waals surface area contributed by atoms with Crippen LogP contribution in [0.2, 0.25) is 5.02 Å². The van der Waals surface area contributed by atoms with E-state index in [9.17, 15) is 4.79 Å². The highest BCUT2D eigenvalue weighted by Gasteiger charge is 2.31. The second-order valence-electron chi connectivity index (χ2n) is 6.06. The monoisotopic (exact) mass is 333 g/mol. The smallest absolute Gasteiger partial charge is 0.315 e. The van der Waals surface area contributed by atoms with Crippen LogP contribution in [0.25, 0.3) is 0 Å². The number of aromatic nitrogens is 3. The van der Waals surface area contributed by atoms with Gasteiger partial charge in [-0.05, 0) is 43.4 Å². The molecule has 1 unspecified atom stereocenters. The second kappa shape index (κ2) is 7.00. The maximum absolute atomic E-state index is 12.0. The maximum atomic E-state index is 12.0. The topological polar surface area (TPSA) is 71.8 Å². The minimum Gasteiger partial charge on any atom is -0.335 e. The molecule has 1 aromatic heterocycles. The number of carbonyl (C=O) groups is 1. The fourth-order valence-corrected chi connectivity index (χ4v) is 3.07. The quantitative estimate of drug-likeness (QED) is 0.883. The van der Waals surface area contributed by atoms with Crippen LogP contribution in [-0.2, 0) is 6.54 Å². The summed E-state index contributed by atoms with van der Waals surface area (Å²) in [5.74, 6) is 0.478. The van der Waals surface area contributed by atoms with Crippen LogP contribution in [0.15, 0.2) is 36.9 Å². The molecule has 0 aliphatic heterocycles. The van der Waals surface area contributed by atoms with Crippen LogP contribution in [0.5, 0.6) is 0 Å². The van der Waals surface area contributed by atoms with Gasteiger partial charge in [0.05, 0.1) is 6.54 Å². The van der Waals surface area contributed by atoms with Gasteiger partial charge in [0.25, 0.3) is 0 Å². The molecule has 1 aliphatic rings. The Labute approximate surface area is 140 Å². The van der Waals surface area contributed by atoms with Crippen molar-refractivity contribution in [2.75, 3.05) is 0 Å². The largest absolute Gasteiger partial charge is 0.335 e. The lowest BCUT2D eigenvalue weighted by molar-refractivity contribution is 0.218. The van der Waals surface area contributed by atoms with Gasteiger partial charge in [-0.3, -0.25) is 4.68 Å².